The zero-order valence-electron chi connectivity index (χ0n) is 12.1. The molecule has 0 atom stereocenters. The summed E-state index contributed by atoms with van der Waals surface area (Å²) < 4.78 is 16.1. The molecule has 0 amide bonds. The number of nitrogen functional groups attached to an aromatic ring is 1. The van der Waals surface area contributed by atoms with Gasteiger partial charge in [0.2, 0.25) is 0 Å². The second-order valence-corrected chi connectivity index (χ2v) is 4.51. The number of methoxy groups -OCH3 is 2. The van der Waals surface area contributed by atoms with Gasteiger partial charge < -0.3 is 25.1 Å². The number of aliphatic hydroxyl groups excluding tert-OH is 1. The largest absolute Gasteiger partial charge is 0.495 e. The van der Waals surface area contributed by atoms with E-state index in [2.05, 4.69) is 0 Å². The smallest absolute Gasteiger partial charge is 0.161 e. The van der Waals surface area contributed by atoms with Gasteiger partial charge in [-0.15, -0.1) is 0 Å². The predicted molar refractivity (Wildman–Crippen MR) is 80.7 cm³/mol. The third kappa shape index (κ3) is 3.58. The Kier molecular flexibility index (Phi) is 4.90. The summed E-state index contributed by atoms with van der Waals surface area (Å²) in [6.45, 7) is 0.328. The standard InChI is InChI=1S/C16H19NO4/c1-19-14-5-4-12(7-13(14)17)10-21-15-6-3-11(9-18)8-16(15)20-2/h3-8,18H,9-10,17H2,1-2H3. The van der Waals surface area contributed by atoms with Crippen LogP contribution in [0.4, 0.5) is 5.69 Å². The number of aliphatic hydroxyl groups is 1. The van der Waals surface area contributed by atoms with Crippen molar-refractivity contribution in [3.05, 3.63) is 47.5 Å². The van der Waals surface area contributed by atoms with Gasteiger partial charge in [0.05, 0.1) is 26.5 Å². The lowest BCUT2D eigenvalue weighted by Gasteiger charge is -2.12. The molecule has 0 aliphatic carbocycles. The van der Waals surface area contributed by atoms with Gasteiger partial charge in [-0.3, -0.25) is 0 Å². The van der Waals surface area contributed by atoms with E-state index in [4.69, 9.17) is 25.1 Å². The van der Waals surface area contributed by atoms with Crippen molar-refractivity contribution in [2.75, 3.05) is 20.0 Å². The monoisotopic (exact) mass is 289 g/mol. The van der Waals surface area contributed by atoms with E-state index in [0.717, 1.165) is 11.1 Å². The van der Waals surface area contributed by atoms with E-state index in [-0.39, 0.29) is 6.61 Å². The first-order chi connectivity index (χ1) is 10.2. The highest BCUT2D eigenvalue weighted by atomic mass is 16.5. The van der Waals surface area contributed by atoms with Crippen LogP contribution in [0.5, 0.6) is 17.2 Å². The van der Waals surface area contributed by atoms with Gasteiger partial charge in [-0.25, -0.2) is 0 Å². The molecule has 5 nitrogen and oxygen atoms in total. The molecule has 0 aliphatic heterocycles. The van der Waals surface area contributed by atoms with E-state index in [1.165, 1.54) is 0 Å². The highest BCUT2D eigenvalue weighted by Gasteiger charge is 2.07. The number of rotatable bonds is 6. The van der Waals surface area contributed by atoms with Crippen molar-refractivity contribution in [1.29, 1.82) is 0 Å². The third-order valence-electron chi connectivity index (χ3n) is 3.10. The molecule has 0 saturated carbocycles. The SMILES string of the molecule is COc1ccc(COc2ccc(CO)cc2OC)cc1N. The van der Waals surface area contributed by atoms with E-state index in [1.807, 2.05) is 12.1 Å². The Bertz CT molecular complexity index is 613. The van der Waals surface area contributed by atoms with Crippen molar-refractivity contribution in [1.82, 2.24) is 0 Å². The van der Waals surface area contributed by atoms with Crippen molar-refractivity contribution in [2.45, 2.75) is 13.2 Å². The van der Waals surface area contributed by atoms with Crippen LogP contribution in [0, 0.1) is 0 Å². The fraction of sp³-hybridized carbons (Fsp3) is 0.250. The highest BCUT2D eigenvalue weighted by molar-refractivity contribution is 5.54. The second kappa shape index (κ2) is 6.85. The molecular formula is C16H19NO4. The van der Waals surface area contributed by atoms with E-state index in [1.54, 1.807) is 38.5 Å². The van der Waals surface area contributed by atoms with Crippen LogP contribution in [-0.2, 0) is 13.2 Å². The predicted octanol–water partition coefficient (Wildman–Crippen LogP) is 2.36. The van der Waals surface area contributed by atoms with Crippen molar-refractivity contribution < 1.29 is 19.3 Å². The molecule has 0 fully saturated rings. The van der Waals surface area contributed by atoms with Gasteiger partial charge in [0.25, 0.3) is 0 Å². The van der Waals surface area contributed by atoms with Crippen molar-refractivity contribution in [3.63, 3.8) is 0 Å². The van der Waals surface area contributed by atoms with E-state index >= 15 is 0 Å². The molecule has 0 aliphatic rings. The first-order valence-electron chi connectivity index (χ1n) is 6.51. The van der Waals surface area contributed by atoms with E-state index in [9.17, 15) is 0 Å². The van der Waals surface area contributed by atoms with Gasteiger partial charge in [0.1, 0.15) is 12.4 Å². The summed E-state index contributed by atoms with van der Waals surface area (Å²) in [6, 6.07) is 10.8. The molecule has 2 aromatic rings. The summed E-state index contributed by atoms with van der Waals surface area (Å²) >= 11 is 0. The van der Waals surface area contributed by atoms with E-state index < -0.39 is 0 Å². The lowest BCUT2D eigenvalue weighted by Crippen LogP contribution is -2.00. The Balaban J connectivity index is 2.10. The molecule has 0 heterocycles. The Morgan fingerprint density at radius 1 is 0.905 bits per heavy atom. The number of hydrogen-bond donors (Lipinski definition) is 2. The fourth-order valence-electron chi connectivity index (χ4n) is 1.96. The Morgan fingerprint density at radius 3 is 2.19 bits per heavy atom. The maximum Gasteiger partial charge on any atom is 0.161 e. The van der Waals surface area contributed by atoms with Crippen LogP contribution < -0.4 is 19.9 Å². The summed E-state index contributed by atoms with van der Waals surface area (Å²) in [4.78, 5) is 0. The quantitative estimate of drug-likeness (QED) is 0.799. The molecular weight excluding hydrogens is 270 g/mol. The van der Waals surface area contributed by atoms with Gasteiger partial charge >= 0.3 is 0 Å². The van der Waals surface area contributed by atoms with Crippen molar-refractivity contribution >= 4 is 5.69 Å². The molecule has 112 valence electrons. The number of ether oxygens (including phenoxy) is 3. The van der Waals surface area contributed by atoms with Crippen LogP contribution in [-0.4, -0.2) is 19.3 Å². The summed E-state index contributed by atoms with van der Waals surface area (Å²) in [6.07, 6.45) is 0. The lowest BCUT2D eigenvalue weighted by atomic mass is 10.2. The molecule has 0 bridgehead atoms. The fourth-order valence-corrected chi connectivity index (χ4v) is 1.96. The summed E-state index contributed by atoms with van der Waals surface area (Å²) in [5.41, 5.74) is 8.14. The topological polar surface area (TPSA) is 73.9 Å². The maximum absolute atomic E-state index is 9.11. The van der Waals surface area contributed by atoms with Crippen LogP contribution in [0.15, 0.2) is 36.4 Å². The zero-order chi connectivity index (χ0) is 15.2. The minimum Gasteiger partial charge on any atom is -0.495 e. The van der Waals surface area contributed by atoms with Gasteiger partial charge in [-0.05, 0) is 35.4 Å². The Hall–Kier alpha value is -2.40. The molecule has 0 aromatic heterocycles. The second-order valence-electron chi connectivity index (χ2n) is 4.51. The van der Waals surface area contributed by atoms with Gasteiger partial charge in [0.15, 0.2) is 11.5 Å². The molecule has 2 rings (SSSR count). The number of hydrogen-bond acceptors (Lipinski definition) is 5. The maximum atomic E-state index is 9.11. The number of nitrogens with two attached hydrogens (primary N) is 1. The molecule has 21 heavy (non-hydrogen) atoms. The van der Waals surface area contributed by atoms with Crippen LogP contribution in [0.2, 0.25) is 0 Å². The first-order valence-corrected chi connectivity index (χ1v) is 6.51. The van der Waals surface area contributed by atoms with E-state index in [0.29, 0.717) is 29.5 Å². The average Bonchev–Trinajstić information content (AvgIpc) is 2.52. The van der Waals surface area contributed by atoms with Crippen LogP contribution in [0.25, 0.3) is 0 Å². The van der Waals surface area contributed by atoms with Gasteiger partial charge in [0, 0.05) is 0 Å². The number of benzene rings is 2. The van der Waals surface area contributed by atoms with Gasteiger partial charge in [-0.1, -0.05) is 12.1 Å². The normalized spacial score (nSPS) is 10.2. The molecule has 5 heteroatoms. The molecule has 3 N–H and O–H groups in total. The summed E-state index contributed by atoms with van der Waals surface area (Å²) in [5.74, 6) is 1.84. The van der Waals surface area contributed by atoms with Gasteiger partial charge in [-0.2, -0.15) is 0 Å². The number of anilines is 1. The Morgan fingerprint density at radius 2 is 1.57 bits per heavy atom. The zero-order valence-corrected chi connectivity index (χ0v) is 12.1. The van der Waals surface area contributed by atoms with Crippen LogP contribution in [0.3, 0.4) is 0 Å². The highest BCUT2D eigenvalue weighted by Crippen LogP contribution is 2.29. The molecule has 0 saturated heterocycles. The van der Waals surface area contributed by atoms with Crippen molar-refractivity contribution in [2.24, 2.45) is 0 Å². The third-order valence-corrected chi connectivity index (χ3v) is 3.10. The summed E-state index contributed by atoms with van der Waals surface area (Å²) in [7, 11) is 3.14. The minimum absolute atomic E-state index is 0.0361. The van der Waals surface area contributed by atoms with Crippen LogP contribution in [0.1, 0.15) is 11.1 Å². The average molecular weight is 289 g/mol. The first kappa shape index (κ1) is 15.0. The molecule has 0 unspecified atom stereocenters. The lowest BCUT2D eigenvalue weighted by molar-refractivity contribution is 0.274. The summed E-state index contributed by atoms with van der Waals surface area (Å²) in [5, 5.41) is 9.11. The molecule has 0 radical (unpaired) electrons. The molecule has 0 spiro atoms. The van der Waals surface area contributed by atoms with Crippen molar-refractivity contribution in [3.8, 4) is 17.2 Å². The Labute approximate surface area is 123 Å². The minimum atomic E-state index is -0.0361. The van der Waals surface area contributed by atoms with Crippen LogP contribution >= 0.6 is 0 Å². The molecule has 2 aromatic carbocycles.